The molecule has 2 nitrogen and oxygen atoms in total. The molecule has 0 radical (unpaired) electrons. The first-order valence-electron chi connectivity index (χ1n) is 4.25. The summed E-state index contributed by atoms with van der Waals surface area (Å²) in [6.07, 6.45) is 1.91. The van der Waals surface area contributed by atoms with E-state index in [0.29, 0.717) is 6.54 Å². The third-order valence-corrected chi connectivity index (χ3v) is 2.38. The average Bonchev–Trinajstić information content (AvgIpc) is 2.19. The van der Waals surface area contributed by atoms with Crippen molar-refractivity contribution >= 4 is 18.2 Å². The molecule has 3 heteroatoms. The highest BCUT2D eigenvalue weighted by Crippen LogP contribution is 2.03. The largest absolute Gasteiger partial charge is 0.302 e. The van der Waals surface area contributed by atoms with E-state index in [9.17, 15) is 4.79 Å². The predicted molar refractivity (Wildman–Crippen MR) is 56.7 cm³/mol. The number of benzene rings is 1. The van der Waals surface area contributed by atoms with E-state index in [1.165, 1.54) is 5.56 Å². The van der Waals surface area contributed by atoms with Crippen molar-refractivity contribution in [3.63, 3.8) is 0 Å². The number of aldehydes is 1. The van der Waals surface area contributed by atoms with Crippen LogP contribution in [0.1, 0.15) is 5.56 Å². The fraction of sp³-hybridized carbons (Fsp3) is 0.300. The van der Waals surface area contributed by atoms with Gasteiger partial charge in [-0.3, -0.25) is 4.72 Å². The van der Waals surface area contributed by atoms with Crippen LogP contribution in [0.2, 0.25) is 0 Å². The summed E-state index contributed by atoms with van der Waals surface area (Å²) in [6.45, 7) is 0.430. The quantitative estimate of drug-likeness (QED) is 0.425. The Labute approximate surface area is 82.9 Å². The second-order valence-corrected chi connectivity index (χ2v) is 3.58. The fourth-order valence-electron chi connectivity index (χ4n) is 0.979. The van der Waals surface area contributed by atoms with Crippen LogP contribution < -0.4 is 4.72 Å². The van der Waals surface area contributed by atoms with Gasteiger partial charge in [0.1, 0.15) is 6.29 Å². The van der Waals surface area contributed by atoms with E-state index in [-0.39, 0.29) is 0 Å². The minimum absolute atomic E-state index is 0.430. The molecule has 13 heavy (non-hydrogen) atoms. The molecule has 0 heterocycles. The van der Waals surface area contributed by atoms with Crippen molar-refractivity contribution in [2.24, 2.45) is 0 Å². The molecule has 0 aromatic heterocycles. The Morgan fingerprint density at radius 2 is 2.08 bits per heavy atom. The van der Waals surface area contributed by atoms with Gasteiger partial charge in [0, 0.05) is 5.75 Å². The Hall–Kier alpha value is -0.800. The monoisotopic (exact) mass is 195 g/mol. The first-order valence-corrected chi connectivity index (χ1v) is 5.24. The molecule has 0 aliphatic heterocycles. The van der Waals surface area contributed by atoms with Gasteiger partial charge in [0.05, 0.1) is 6.54 Å². The second kappa shape index (κ2) is 6.69. The van der Waals surface area contributed by atoms with E-state index >= 15 is 0 Å². The van der Waals surface area contributed by atoms with Crippen molar-refractivity contribution in [3.05, 3.63) is 35.9 Å². The number of hydrogen-bond acceptors (Lipinski definition) is 3. The van der Waals surface area contributed by atoms with Crippen molar-refractivity contribution in [1.82, 2.24) is 4.72 Å². The molecule has 1 rings (SSSR count). The van der Waals surface area contributed by atoms with Crippen LogP contribution in [-0.2, 0) is 11.2 Å². The summed E-state index contributed by atoms with van der Waals surface area (Å²) in [5.41, 5.74) is 1.34. The van der Waals surface area contributed by atoms with Crippen LogP contribution in [0, 0.1) is 0 Å². The normalized spacial score (nSPS) is 9.85. The molecule has 0 saturated heterocycles. The lowest BCUT2D eigenvalue weighted by atomic mass is 10.2. The molecule has 0 spiro atoms. The lowest BCUT2D eigenvalue weighted by Gasteiger charge is -2.00. The van der Waals surface area contributed by atoms with E-state index in [1.807, 2.05) is 18.2 Å². The smallest absolute Gasteiger partial charge is 0.134 e. The number of hydrogen-bond donors (Lipinski definition) is 1. The maximum Gasteiger partial charge on any atom is 0.134 e. The van der Waals surface area contributed by atoms with Crippen LogP contribution in [0.25, 0.3) is 0 Å². The molecule has 0 saturated carbocycles. The van der Waals surface area contributed by atoms with Gasteiger partial charge >= 0.3 is 0 Å². The summed E-state index contributed by atoms with van der Waals surface area (Å²) in [4.78, 5) is 9.96. The van der Waals surface area contributed by atoms with E-state index in [2.05, 4.69) is 16.9 Å². The SMILES string of the molecule is O=CCNSCCc1ccccc1. The molecule has 1 aromatic rings. The first kappa shape index (κ1) is 10.3. The molecule has 0 bridgehead atoms. The third kappa shape index (κ3) is 4.70. The highest BCUT2D eigenvalue weighted by Gasteiger charge is 1.91. The van der Waals surface area contributed by atoms with Gasteiger partial charge in [-0.1, -0.05) is 42.3 Å². The molecule has 1 N–H and O–H groups in total. The summed E-state index contributed by atoms with van der Waals surface area (Å²) >= 11 is 1.59. The molecular weight excluding hydrogens is 182 g/mol. The Morgan fingerprint density at radius 3 is 2.77 bits per heavy atom. The highest BCUT2D eigenvalue weighted by molar-refractivity contribution is 7.97. The Bertz CT molecular complexity index is 238. The van der Waals surface area contributed by atoms with Crippen LogP contribution >= 0.6 is 11.9 Å². The number of rotatable bonds is 6. The standard InChI is InChI=1S/C10H13NOS/c12-8-7-11-13-9-6-10-4-2-1-3-5-10/h1-5,8,11H,6-7,9H2. The maximum absolute atomic E-state index is 9.96. The van der Waals surface area contributed by atoms with Gasteiger partial charge in [0.15, 0.2) is 0 Å². The number of aryl methyl sites for hydroxylation is 1. The Balaban J connectivity index is 2.10. The summed E-state index contributed by atoms with van der Waals surface area (Å²) in [5.74, 6) is 0.998. The van der Waals surface area contributed by atoms with Crippen molar-refractivity contribution in [2.45, 2.75) is 6.42 Å². The highest BCUT2D eigenvalue weighted by atomic mass is 32.2. The lowest BCUT2D eigenvalue weighted by molar-refractivity contribution is -0.106. The number of carbonyl (C=O) groups is 1. The van der Waals surface area contributed by atoms with Crippen molar-refractivity contribution < 1.29 is 4.79 Å². The van der Waals surface area contributed by atoms with Gasteiger partial charge in [0.2, 0.25) is 0 Å². The molecule has 1 aromatic carbocycles. The minimum Gasteiger partial charge on any atom is -0.302 e. The molecule has 0 aliphatic rings. The Morgan fingerprint density at radius 1 is 1.31 bits per heavy atom. The van der Waals surface area contributed by atoms with Crippen LogP contribution in [-0.4, -0.2) is 18.6 Å². The summed E-state index contributed by atoms with van der Waals surface area (Å²) in [6, 6.07) is 10.3. The van der Waals surface area contributed by atoms with E-state index in [1.54, 1.807) is 11.9 Å². The predicted octanol–water partition coefficient (Wildman–Crippen LogP) is 1.67. The van der Waals surface area contributed by atoms with Gasteiger partial charge in [0.25, 0.3) is 0 Å². The van der Waals surface area contributed by atoms with E-state index in [4.69, 9.17) is 0 Å². The van der Waals surface area contributed by atoms with Crippen LogP contribution in [0.3, 0.4) is 0 Å². The average molecular weight is 195 g/mol. The molecule has 0 atom stereocenters. The van der Waals surface area contributed by atoms with Crippen molar-refractivity contribution in [3.8, 4) is 0 Å². The topological polar surface area (TPSA) is 29.1 Å². The van der Waals surface area contributed by atoms with Gasteiger partial charge < -0.3 is 4.79 Å². The zero-order chi connectivity index (χ0) is 9.36. The van der Waals surface area contributed by atoms with E-state index < -0.39 is 0 Å². The summed E-state index contributed by atoms with van der Waals surface area (Å²) in [5, 5.41) is 0. The lowest BCUT2D eigenvalue weighted by Crippen LogP contribution is -2.07. The minimum atomic E-state index is 0.430. The molecule has 0 fully saturated rings. The molecule has 0 aliphatic carbocycles. The van der Waals surface area contributed by atoms with Gasteiger partial charge in [-0.2, -0.15) is 0 Å². The van der Waals surface area contributed by atoms with Gasteiger partial charge in [-0.05, 0) is 12.0 Å². The van der Waals surface area contributed by atoms with Crippen LogP contribution in [0.5, 0.6) is 0 Å². The fourth-order valence-corrected chi connectivity index (χ4v) is 1.65. The van der Waals surface area contributed by atoms with Crippen molar-refractivity contribution in [2.75, 3.05) is 12.3 Å². The molecule has 0 unspecified atom stereocenters. The van der Waals surface area contributed by atoms with Crippen LogP contribution in [0.4, 0.5) is 0 Å². The van der Waals surface area contributed by atoms with Gasteiger partial charge in [-0.15, -0.1) is 0 Å². The molecular formula is C10H13NOS. The number of carbonyl (C=O) groups excluding carboxylic acids is 1. The van der Waals surface area contributed by atoms with E-state index in [0.717, 1.165) is 18.5 Å². The number of nitrogens with one attached hydrogen (secondary N) is 1. The maximum atomic E-state index is 9.96. The molecule has 70 valence electrons. The Kier molecular flexibility index (Phi) is 5.29. The zero-order valence-electron chi connectivity index (χ0n) is 7.40. The molecule has 0 amide bonds. The van der Waals surface area contributed by atoms with Gasteiger partial charge in [-0.25, -0.2) is 0 Å². The summed E-state index contributed by atoms with van der Waals surface area (Å²) in [7, 11) is 0. The zero-order valence-corrected chi connectivity index (χ0v) is 8.22. The third-order valence-electron chi connectivity index (χ3n) is 1.60. The van der Waals surface area contributed by atoms with Crippen LogP contribution in [0.15, 0.2) is 30.3 Å². The second-order valence-electron chi connectivity index (χ2n) is 2.60. The summed E-state index contributed by atoms with van der Waals surface area (Å²) < 4.78 is 2.95. The van der Waals surface area contributed by atoms with Crippen molar-refractivity contribution in [1.29, 1.82) is 0 Å². The first-order chi connectivity index (χ1) is 6.43.